The average Bonchev–Trinajstić information content (AvgIpc) is 3.34. The number of hydrazine groups is 1. The molecular formula is C21H21ClN4O4. The molecule has 0 saturated carbocycles. The highest BCUT2D eigenvalue weighted by molar-refractivity contribution is 6.32. The van der Waals surface area contributed by atoms with E-state index in [0.29, 0.717) is 28.6 Å². The molecule has 0 unspecified atom stereocenters. The van der Waals surface area contributed by atoms with Gasteiger partial charge in [0, 0.05) is 35.3 Å². The molecule has 4 rings (SSSR count). The van der Waals surface area contributed by atoms with E-state index < -0.39 is 5.97 Å². The van der Waals surface area contributed by atoms with Gasteiger partial charge in [0.25, 0.3) is 0 Å². The Hall–Kier alpha value is -3.23. The Morgan fingerprint density at radius 2 is 2.20 bits per heavy atom. The number of halogens is 1. The number of aromatic nitrogens is 2. The zero-order valence-electron chi connectivity index (χ0n) is 16.5. The van der Waals surface area contributed by atoms with Gasteiger partial charge in [-0.1, -0.05) is 23.3 Å². The van der Waals surface area contributed by atoms with Crippen molar-refractivity contribution >= 4 is 39.9 Å². The Morgan fingerprint density at radius 3 is 2.93 bits per heavy atom. The first-order chi connectivity index (χ1) is 14.4. The predicted octanol–water partition coefficient (Wildman–Crippen LogP) is 4.28. The first-order valence-corrected chi connectivity index (χ1v) is 9.86. The Kier molecular flexibility index (Phi) is 5.52. The van der Waals surface area contributed by atoms with Crippen LogP contribution in [0, 0.1) is 0 Å². The lowest BCUT2D eigenvalue weighted by molar-refractivity contribution is -0.136. The Balaban J connectivity index is 1.54. The zero-order chi connectivity index (χ0) is 21.3. The molecule has 156 valence electrons. The molecule has 8 nitrogen and oxygen atoms in total. The third-order valence-electron chi connectivity index (χ3n) is 4.58. The van der Waals surface area contributed by atoms with E-state index in [-0.39, 0.29) is 12.5 Å². The molecule has 2 aromatic heterocycles. The number of carboxylic acids is 1. The zero-order valence-corrected chi connectivity index (χ0v) is 17.2. The van der Waals surface area contributed by atoms with Gasteiger partial charge in [-0.2, -0.15) is 0 Å². The van der Waals surface area contributed by atoms with Gasteiger partial charge >= 0.3 is 5.97 Å². The van der Waals surface area contributed by atoms with E-state index in [9.17, 15) is 4.79 Å². The molecule has 0 aliphatic carbocycles. The summed E-state index contributed by atoms with van der Waals surface area (Å²) < 4.78 is 5.56. The number of aliphatic carboxylic acids is 1. The lowest BCUT2D eigenvalue weighted by Gasteiger charge is -2.13. The van der Waals surface area contributed by atoms with Crippen LogP contribution in [0.25, 0.3) is 16.7 Å². The molecule has 9 heteroatoms. The van der Waals surface area contributed by atoms with Crippen LogP contribution < -0.4 is 15.3 Å². The maximum atomic E-state index is 10.8. The van der Waals surface area contributed by atoms with E-state index in [1.165, 1.54) is 0 Å². The molecule has 0 radical (unpaired) electrons. The van der Waals surface area contributed by atoms with Crippen LogP contribution in [-0.2, 0) is 16.1 Å². The molecule has 3 heterocycles. The highest BCUT2D eigenvalue weighted by atomic mass is 35.5. The smallest absolute Gasteiger partial charge is 0.303 e. The van der Waals surface area contributed by atoms with Crippen molar-refractivity contribution in [2.45, 2.75) is 32.8 Å². The maximum Gasteiger partial charge on any atom is 0.303 e. The number of pyridine rings is 1. The van der Waals surface area contributed by atoms with E-state index in [2.05, 4.69) is 15.6 Å². The minimum absolute atomic E-state index is 0.0208. The second-order valence-corrected chi connectivity index (χ2v) is 7.58. The number of hydrogen-bond donors (Lipinski definition) is 3. The number of nitrogens with one attached hydrogen (secondary N) is 2. The summed E-state index contributed by atoms with van der Waals surface area (Å²) in [5, 5.41) is 12.0. The number of fused-ring (bicyclic) bond motifs is 1. The molecule has 0 saturated heterocycles. The first kappa shape index (κ1) is 20.1. The Bertz CT molecular complexity index is 1130. The highest BCUT2D eigenvalue weighted by Crippen LogP contribution is 2.31. The number of aromatic amines is 1. The van der Waals surface area contributed by atoms with Crippen LogP contribution in [-0.4, -0.2) is 27.1 Å². The minimum Gasteiger partial charge on any atom is -0.481 e. The fraction of sp³-hybridized carbons (Fsp3) is 0.238. The van der Waals surface area contributed by atoms with Crippen LogP contribution in [0.15, 0.2) is 42.9 Å². The third kappa shape index (κ3) is 4.19. The summed E-state index contributed by atoms with van der Waals surface area (Å²) in [5.41, 5.74) is 6.30. The van der Waals surface area contributed by atoms with Crippen molar-refractivity contribution < 1.29 is 19.5 Å². The first-order valence-electron chi connectivity index (χ1n) is 9.48. The fourth-order valence-electron chi connectivity index (χ4n) is 3.17. The number of H-pyrrole nitrogens is 1. The van der Waals surface area contributed by atoms with Crippen molar-refractivity contribution in [3.63, 3.8) is 0 Å². The summed E-state index contributed by atoms with van der Waals surface area (Å²) in [6.07, 6.45) is 5.84. The quantitative estimate of drug-likeness (QED) is 0.516. The second kappa shape index (κ2) is 8.25. The summed E-state index contributed by atoms with van der Waals surface area (Å²) in [6, 6.07) is 7.59. The number of hydrogen-bond acceptors (Lipinski definition) is 6. The van der Waals surface area contributed by atoms with E-state index >= 15 is 0 Å². The Morgan fingerprint density at radius 1 is 1.37 bits per heavy atom. The van der Waals surface area contributed by atoms with Crippen LogP contribution in [0.1, 0.15) is 31.4 Å². The van der Waals surface area contributed by atoms with E-state index in [0.717, 1.165) is 22.2 Å². The number of benzene rings is 1. The van der Waals surface area contributed by atoms with Crippen LogP contribution in [0.5, 0.6) is 5.88 Å². The lowest BCUT2D eigenvalue weighted by atomic mass is 10.1. The van der Waals surface area contributed by atoms with Gasteiger partial charge in [0.15, 0.2) is 5.76 Å². The number of ether oxygens (including phenoxy) is 1. The third-order valence-corrected chi connectivity index (χ3v) is 4.85. The van der Waals surface area contributed by atoms with Crippen LogP contribution >= 0.6 is 11.6 Å². The Labute approximate surface area is 178 Å². The van der Waals surface area contributed by atoms with E-state index in [1.807, 2.05) is 38.2 Å². The normalized spacial score (nSPS) is 13.6. The molecule has 0 amide bonds. The van der Waals surface area contributed by atoms with Gasteiger partial charge in [0.1, 0.15) is 5.02 Å². The number of anilines is 1. The summed E-state index contributed by atoms with van der Waals surface area (Å²) in [6.45, 7) is 3.82. The average molecular weight is 429 g/mol. The van der Waals surface area contributed by atoms with Crippen molar-refractivity contribution in [3.05, 3.63) is 59.0 Å². The second-order valence-electron chi connectivity index (χ2n) is 7.17. The number of rotatable bonds is 7. The van der Waals surface area contributed by atoms with E-state index in [1.54, 1.807) is 23.5 Å². The molecule has 1 aromatic carbocycles. The number of carboxylic acid groups (broad SMARTS) is 1. The van der Waals surface area contributed by atoms with Crippen molar-refractivity contribution in [2.75, 3.05) is 5.01 Å². The predicted molar refractivity (Wildman–Crippen MR) is 114 cm³/mol. The standard InChI is InChI=1S/C21H21ClN4O4/c1-12(2)29-21-17(22)7-14(10-24-21)19-11-26(25-30-19)15-4-5-16-13(3-6-20(27)28)9-23-18(16)8-15/h4-5,7-12,23,25H,3,6H2,1-2H3,(H,27,28). The molecule has 30 heavy (non-hydrogen) atoms. The van der Waals surface area contributed by atoms with Crippen molar-refractivity contribution in [1.82, 2.24) is 15.6 Å². The van der Waals surface area contributed by atoms with Gasteiger partial charge in [-0.3, -0.25) is 4.79 Å². The van der Waals surface area contributed by atoms with Crippen LogP contribution in [0.4, 0.5) is 5.69 Å². The van der Waals surface area contributed by atoms with Gasteiger partial charge in [0.2, 0.25) is 5.88 Å². The summed E-state index contributed by atoms with van der Waals surface area (Å²) in [5.74, 6) is 0.138. The molecule has 3 N–H and O–H groups in total. The van der Waals surface area contributed by atoms with Crippen LogP contribution in [0.3, 0.4) is 0 Å². The monoisotopic (exact) mass is 428 g/mol. The summed E-state index contributed by atoms with van der Waals surface area (Å²) in [7, 11) is 0. The largest absolute Gasteiger partial charge is 0.481 e. The van der Waals surface area contributed by atoms with Gasteiger partial charge in [-0.05, 0) is 44.0 Å². The molecule has 1 aliphatic rings. The number of carbonyl (C=O) groups is 1. The molecule has 0 spiro atoms. The van der Waals surface area contributed by atoms with Crippen LogP contribution in [0.2, 0.25) is 5.02 Å². The van der Waals surface area contributed by atoms with E-state index in [4.69, 9.17) is 26.3 Å². The summed E-state index contributed by atoms with van der Waals surface area (Å²) in [4.78, 5) is 23.9. The topological polar surface area (TPSA) is 99.7 Å². The molecule has 1 aliphatic heterocycles. The van der Waals surface area contributed by atoms with Gasteiger partial charge in [-0.15, -0.1) is 0 Å². The van der Waals surface area contributed by atoms with Crippen molar-refractivity contribution in [3.8, 4) is 5.88 Å². The fourth-order valence-corrected chi connectivity index (χ4v) is 3.38. The lowest BCUT2D eigenvalue weighted by Crippen LogP contribution is -2.26. The molecule has 0 bridgehead atoms. The molecule has 0 fully saturated rings. The highest BCUT2D eigenvalue weighted by Gasteiger charge is 2.19. The molecule has 0 atom stereocenters. The van der Waals surface area contributed by atoms with Crippen molar-refractivity contribution in [1.29, 1.82) is 0 Å². The SMILES string of the molecule is CC(C)Oc1ncc(C2=CN(c3ccc4c(CCC(=O)O)c[nH]c4c3)NO2)cc1Cl. The molecular weight excluding hydrogens is 408 g/mol. The minimum atomic E-state index is -0.810. The van der Waals surface area contributed by atoms with Gasteiger partial charge in [-0.25, -0.2) is 9.99 Å². The number of aryl methyl sites for hydroxylation is 1. The number of nitrogens with zero attached hydrogens (tertiary/aromatic N) is 2. The van der Waals surface area contributed by atoms with Gasteiger partial charge < -0.3 is 19.7 Å². The molecule has 3 aromatic rings. The summed E-state index contributed by atoms with van der Waals surface area (Å²) >= 11 is 6.27. The maximum absolute atomic E-state index is 10.8. The van der Waals surface area contributed by atoms with Gasteiger partial charge in [0.05, 0.1) is 18.0 Å². The van der Waals surface area contributed by atoms with Crippen molar-refractivity contribution in [2.24, 2.45) is 0 Å².